The number of nitrogens with one attached hydrogen (secondary N) is 3. The van der Waals surface area contributed by atoms with Crippen molar-refractivity contribution in [2.75, 3.05) is 33.9 Å². The lowest BCUT2D eigenvalue weighted by atomic mass is 10.2. The molecule has 0 saturated heterocycles. The van der Waals surface area contributed by atoms with E-state index in [0.717, 1.165) is 0 Å². The number of methoxy groups -OCH3 is 4. The van der Waals surface area contributed by atoms with E-state index in [9.17, 15) is 9.59 Å². The van der Waals surface area contributed by atoms with Crippen LogP contribution in [0.15, 0.2) is 69.9 Å². The van der Waals surface area contributed by atoms with E-state index in [1.165, 1.54) is 53.0 Å². The maximum absolute atomic E-state index is 12.9. The van der Waals surface area contributed by atoms with Gasteiger partial charge in [-0.15, -0.1) is 0 Å². The van der Waals surface area contributed by atoms with Crippen LogP contribution in [0, 0.1) is 0 Å². The Hall–Kier alpha value is -4.81. The molecule has 0 aliphatic heterocycles. The first-order chi connectivity index (χ1) is 19.8. The summed E-state index contributed by atoms with van der Waals surface area (Å²) in [7, 11) is 6.02. The minimum absolute atomic E-state index is 0.222. The molecule has 0 bridgehead atoms. The molecule has 0 saturated carbocycles. The van der Waals surface area contributed by atoms with Crippen LogP contribution in [0.1, 0.15) is 11.1 Å². The summed E-state index contributed by atoms with van der Waals surface area (Å²) < 4.78 is 20.9. The van der Waals surface area contributed by atoms with E-state index in [1.807, 2.05) is 0 Å². The van der Waals surface area contributed by atoms with Crippen LogP contribution in [0.4, 0.5) is 5.69 Å². The number of hydrogen-bond donors (Lipinski definition) is 3. The van der Waals surface area contributed by atoms with E-state index in [1.54, 1.807) is 42.5 Å². The first-order valence-electron chi connectivity index (χ1n) is 11.7. The highest BCUT2D eigenvalue weighted by atomic mass is 35.5. The van der Waals surface area contributed by atoms with Gasteiger partial charge in [-0.3, -0.25) is 15.0 Å². The normalized spacial score (nSPS) is 10.7. The second kappa shape index (κ2) is 15.1. The van der Waals surface area contributed by atoms with Crippen molar-refractivity contribution in [3.05, 3.63) is 75.8 Å². The van der Waals surface area contributed by atoms with Crippen molar-refractivity contribution in [3.63, 3.8) is 0 Å². The summed E-state index contributed by atoms with van der Waals surface area (Å²) in [5, 5.41) is 12.4. The van der Waals surface area contributed by atoms with E-state index in [2.05, 4.69) is 31.6 Å². The third kappa shape index (κ3) is 8.59. The van der Waals surface area contributed by atoms with Gasteiger partial charge in [-0.1, -0.05) is 23.2 Å². The Morgan fingerprint density at radius 1 is 0.683 bits per heavy atom. The van der Waals surface area contributed by atoms with Crippen molar-refractivity contribution in [2.45, 2.75) is 0 Å². The Balaban J connectivity index is 1.79. The smallest absolute Gasteiger partial charge is 0.297 e. The number of benzene rings is 3. The molecule has 0 aromatic heterocycles. The quantitative estimate of drug-likeness (QED) is 0.161. The van der Waals surface area contributed by atoms with Gasteiger partial charge in [0.05, 0.1) is 51.6 Å². The van der Waals surface area contributed by atoms with Gasteiger partial charge in [0.2, 0.25) is 5.71 Å². The summed E-state index contributed by atoms with van der Waals surface area (Å²) in [6.45, 7) is 0. The molecule has 12 nitrogen and oxygen atoms in total. The minimum atomic E-state index is -0.932. The molecule has 3 N–H and O–H groups in total. The maximum atomic E-state index is 12.9. The number of anilines is 1. The number of hydrogen-bond acceptors (Lipinski definition) is 10. The van der Waals surface area contributed by atoms with E-state index in [4.69, 9.17) is 42.1 Å². The topological polar surface area (TPSA) is 144 Å². The number of carbonyl (C=O) groups is 2. The van der Waals surface area contributed by atoms with Crippen LogP contribution in [0.25, 0.3) is 0 Å². The molecule has 0 heterocycles. The summed E-state index contributed by atoms with van der Waals surface area (Å²) in [6.07, 6.45) is 2.71. The molecule has 41 heavy (non-hydrogen) atoms. The number of carbonyl (C=O) groups excluding carboxylic acids is 2. The van der Waals surface area contributed by atoms with Crippen LogP contribution in [0.2, 0.25) is 10.0 Å². The summed E-state index contributed by atoms with van der Waals surface area (Å²) in [4.78, 5) is 25.8. The zero-order chi connectivity index (χ0) is 29.8. The monoisotopic (exact) mass is 600 g/mol. The number of halogens is 2. The predicted molar refractivity (Wildman–Crippen MR) is 158 cm³/mol. The van der Waals surface area contributed by atoms with Crippen LogP contribution < -0.4 is 35.2 Å². The van der Waals surface area contributed by atoms with Gasteiger partial charge < -0.3 is 18.9 Å². The first kappa shape index (κ1) is 30.7. The van der Waals surface area contributed by atoms with Crippen molar-refractivity contribution in [2.24, 2.45) is 15.3 Å². The lowest BCUT2D eigenvalue weighted by molar-refractivity contribution is -0.118. The maximum Gasteiger partial charge on any atom is 0.297 e. The summed E-state index contributed by atoms with van der Waals surface area (Å²) in [5.41, 5.74) is 8.01. The van der Waals surface area contributed by atoms with Crippen LogP contribution in [-0.2, 0) is 9.59 Å². The highest BCUT2D eigenvalue weighted by molar-refractivity contribution is 6.65. The molecule has 0 atom stereocenters. The molecule has 214 valence electrons. The molecule has 2 amide bonds. The largest absolute Gasteiger partial charge is 0.493 e. The average molecular weight is 601 g/mol. The summed E-state index contributed by atoms with van der Waals surface area (Å²) in [5.74, 6) is 0.138. The zero-order valence-corrected chi connectivity index (χ0v) is 23.9. The highest BCUT2D eigenvalue weighted by Crippen LogP contribution is 2.28. The van der Waals surface area contributed by atoms with Gasteiger partial charge in [0.15, 0.2) is 23.0 Å². The first-order valence-corrected chi connectivity index (χ1v) is 12.4. The zero-order valence-electron chi connectivity index (χ0n) is 22.4. The lowest BCUT2D eigenvalue weighted by Gasteiger charge is -2.08. The standard InChI is InChI=1S/C27H26Cl2N6O6/c1-38-21-9-5-16(11-23(21)40-3)14-30-34-26(36)25(33-32-20-8-7-18(28)13-19(20)29)27(37)35-31-15-17-6-10-22(39-2)24(12-17)41-4/h5-15,32H,1-4H3,(H,34,36)(H,35,37)/b30-14+,31-15+. The second-order valence-corrected chi connectivity index (χ2v) is 8.67. The predicted octanol–water partition coefficient (Wildman–Crippen LogP) is 4.10. The Bertz CT molecular complexity index is 1410. The van der Waals surface area contributed by atoms with Crippen LogP contribution >= 0.6 is 23.2 Å². The van der Waals surface area contributed by atoms with Crippen LogP contribution in [0.5, 0.6) is 23.0 Å². The van der Waals surface area contributed by atoms with Crippen molar-refractivity contribution < 1.29 is 28.5 Å². The van der Waals surface area contributed by atoms with Crippen molar-refractivity contribution >= 4 is 58.8 Å². The molecule has 0 aliphatic carbocycles. The number of amides is 2. The summed E-state index contributed by atoms with van der Waals surface area (Å²) in [6, 6.07) is 14.6. The third-order valence-corrected chi connectivity index (χ3v) is 5.77. The van der Waals surface area contributed by atoms with Crippen molar-refractivity contribution in [1.29, 1.82) is 0 Å². The van der Waals surface area contributed by atoms with Gasteiger partial charge in [0.1, 0.15) is 0 Å². The fourth-order valence-electron chi connectivity index (χ4n) is 3.20. The van der Waals surface area contributed by atoms with Crippen LogP contribution in [-0.4, -0.2) is 58.4 Å². The van der Waals surface area contributed by atoms with Gasteiger partial charge in [0.25, 0.3) is 11.8 Å². The van der Waals surface area contributed by atoms with Crippen molar-refractivity contribution in [3.8, 4) is 23.0 Å². The average Bonchev–Trinajstić information content (AvgIpc) is 2.97. The van der Waals surface area contributed by atoms with E-state index in [0.29, 0.717) is 44.8 Å². The van der Waals surface area contributed by atoms with E-state index in [-0.39, 0.29) is 5.02 Å². The highest BCUT2D eigenvalue weighted by Gasteiger charge is 2.21. The Morgan fingerprint density at radius 3 is 1.61 bits per heavy atom. The molecule has 0 aliphatic rings. The molecule has 3 aromatic carbocycles. The summed E-state index contributed by atoms with van der Waals surface area (Å²) >= 11 is 12.1. The van der Waals surface area contributed by atoms with Gasteiger partial charge in [-0.25, -0.2) is 10.9 Å². The number of ether oxygens (including phenoxy) is 4. The van der Waals surface area contributed by atoms with Crippen LogP contribution in [0.3, 0.4) is 0 Å². The van der Waals surface area contributed by atoms with E-state index < -0.39 is 17.5 Å². The Labute approximate surface area is 245 Å². The number of hydrazone groups is 3. The molecule has 0 spiro atoms. The third-order valence-electron chi connectivity index (χ3n) is 5.22. The molecule has 3 rings (SSSR count). The van der Waals surface area contributed by atoms with E-state index >= 15 is 0 Å². The molecule has 3 aromatic rings. The van der Waals surface area contributed by atoms with Gasteiger partial charge in [0, 0.05) is 5.02 Å². The fraction of sp³-hybridized carbons (Fsp3) is 0.148. The minimum Gasteiger partial charge on any atom is -0.493 e. The molecule has 14 heteroatoms. The molecule has 0 radical (unpaired) electrons. The molecule has 0 unspecified atom stereocenters. The SMILES string of the molecule is COc1ccc(/C=N/NC(=O)C(=NNc2ccc(Cl)cc2Cl)C(=O)N/N=C/c2ccc(OC)c(OC)c2)cc1OC. The fourth-order valence-corrected chi connectivity index (χ4v) is 3.65. The number of rotatable bonds is 12. The van der Waals surface area contributed by atoms with Gasteiger partial charge >= 0.3 is 0 Å². The van der Waals surface area contributed by atoms with Gasteiger partial charge in [-0.05, 0) is 65.7 Å². The number of nitrogens with zero attached hydrogens (tertiary/aromatic N) is 3. The lowest BCUT2D eigenvalue weighted by Crippen LogP contribution is -2.39. The Morgan fingerprint density at radius 2 is 1.17 bits per heavy atom. The molecule has 0 fully saturated rings. The van der Waals surface area contributed by atoms with Gasteiger partial charge in [-0.2, -0.15) is 15.3 Å². The Kier molecular flexibility index (Phi) is 11.3. The molecular weight excluding hydrogens is 575 g/mol. The molecular formula is C27H26Cl2N6O6. The van der Waals surface area contributed by atoms with Crippen molar-refractivity contribution in [1.82, 2.24) is 10.9 Å². The second-order valence-electron chi connectivity index (χ2n) is 7.82.